The second kappa shape index (κ2) is 3.65. The Labute approximate surface area is 82.1 Å². The Morgan fingerprint density at radius 2 is 2.14 bits per heavy atom. The lowest BCUT2D eigenvalue weighted by Crippen LogP contribution is -2.14. The molecule has 76 valence electrons. The van der Waals surface area contributed by atoms with E-state index in [0.29, 0.717) is 11.5 Å². The summed E-state index contributed by atoms with van der Waals surface area (Å²) in [6, 6.07) is 3.83. The summed E-state index contributed by atoms with van der Waals surface area (Å²) in [5.41, 5.74) is 0.579. The van der Waals surface area contributed by atoms with Gasteiger partial charge in [-0.05, 0) is 24.9 Å². The lowest BCUT2D eigenvalue weighted by molar-refractivity contribution is 0.534. The standard InChI is InChI=1S/C11H13F2N/c1-7-4-11(14-6-7)9-3-2-8(12)5-10(9)13/h2-3,5,7,11,14H,4,6H2,1H3/t7-,11+/m1/s1. The van der Waals surface area contributed by atoms with Gasteiger partial charge >= 0.3 is 0 Å². The molecule has 1 fully saturated rings. The lowest BCUT2D eigenvalue weighted by atomic mass is 10.0. The summed E-state index contributed by atoms with van der Waals surface area (Å²) in [6.45, 7) is 3.02. The van der Waals surface area contributed by atoms with Crippen molar-refractivity contribution >= 4 is 0 Å². The Kier molecular flexibility index (Phi) is 2.50. The number of rotatable bonds is 1. The zero-order valence-electron chi connectivity index (χ0n) is 8.06. The first-order chi connectivity index (χ1) is 6.66. The van der Waals surface area contributed by atoms with E-state index in [0.717, 1.165) is 19.0 Å². The molecule has 0 aliphatic carbocycles. The highest BCUT2D eigenvalue weighted by atomic mass is 19.1. The van der Waals surface area contributed by atoms with Gasteiger partial charge in [0, 0.05) is 17.7 Å². The predicted octanol–water partition coefficient (Wildman–Crippen LogP) is 2.64. The van der Waals surface area contributed by atoms with Crippen molar-refractivity contribution in [3.8, 4) is 0 Å². The second-order valence-electron chi connectivity index (χ2n) is 3.97. The van der Waals surface area contributed by atoms with Gasteiger partial charge in [0.1, 0.15) is 11.6 Å². The molecule has 2 rings (SSSR count). The first-order valence-electron chi connectivity index (χ1n) is 4.85. The van der Waals surface area contributed by atoms with Gasteiger partial charge in [0.2, 0.25) is 0 Å². The van der Waals surface area contributed by atoms with Crippen LogP contribution in [0, 0.1) is 17.6 Å². The molecule has 14 heavy (non-hydrogen) atoms. The molecule has 1 N–H and O–H groups in total. The fraction of sp³-hybridized carbons (Fsp3) is 0.455. The fourth-order valence-electron chi connectivity index (χ4n) is 1.93. The third-order valence-electron chi connectivity index (χ3n) is 2.69. The van der Waals surface area contributed by atoms with Crippen molar-refractivity contribution in [1.29, 1.82) is 0 Å². The van der Waals surface area contributed by atoms with Crippen LogP contribution in [-0.4, -0.2) is 6.54 Å². The molecule has 1 saturated heterocycles. The maximum atomic E-state index is 13.3. The number of hydrogen-bond acceptors (Lipinski definition) is 1. The van der Waals surface area contributed by atoms with Gasteiger partial charge in [-0.1, -0.05) is 13.0 Å². The minimum Gasteiger partial charge on any atom is -0.310 e. The molecular formula is C11H13F2N. The average molecular weight is 197 g/mol. The van der Waals surface area contributed by atoms with Gasteiger partial charge in [0.25, 0.3) is 0 Å². The zero-order chi connectivity index (χ0) is 10.1. The number of benzene rings is 1. The molecule has 0 saturated carbocycles. The van der Waals surface area contributed by atoms with Crippen molar-refractivity contribution in [2.45, 2.75) is 19.4 Å². The van der Waals surface area contributed by atoms with E-state index in [4.69, 9.17) is 0 Å². The van der Waals surface area contributed by atoms with Gasteiger partial charge in [0.15, 0.2) is 0 Å². The summed E-state index contributed by atoms with van der Waals surface area (Å²) in [4.78, 5) is 0. The molecule has 0 unspecified atom stereocenters. The predicted molar refractivity (Wildman–Crippen MR) is 50.9 cm³/mol. The molecule has 1 aromatic carbocycles. The number of halogens is 2. The van der Waals surface area contributed by atoms with Gasteiger partial charge in [-0.15, -0.1) is 0 Å². The van der Waals surface area contributed by atoms with Crippen molar-refractivity contribution in [2.75, 3.05) is 6.54 Å². The van der Waals surface area contributed by atoms with Crippen LogP contribution in [-0.2, 0) is 0 Å². The number of hydrogen-bond donors (Lipinski definition) is 1. The quantitative estimate of drug-likeness (QED) is 0.729. The minimum atomic E-state index is -0.516. The molecule has 1 aliphatic heterocycles. The Bertz CT molecular complexity index is 338. The summed E-state index contributed by atoms with van der Waals surface area (Å²) in [5, 5.41) is 3.22. The molecule has 3 heteroatoms. The Morgan fingerprint density at radius 3 is 2.71 bits per heavy atom. The third kappa shape index (κ3) is 1.77. The molecule has 0 amide bonds. The van der Waals surface area contributed by atoms with E-state index in [2.05, 4.69) is 12.2 Å². The smallest absolute Gasteiger partial charge is 0.130 e. The van der Waals surface area contributed by atoms with E-state index in [1.54, 1.807) is 0 Å². The molecule has 1 heterocycles. The fourth-order valence-corrected chi connectivity index (χ4v) is 1.93. The SMILES string of the molecule is C[C@H]1CN[C@H](c2ccc(F)cc2F)C1. The third-order valence-corrected chi connectivity index (χ3v) is 2.69. The Balaban J connectivity index is 2.24. The summed E-state index contributed by atoms with van der Waals surface area (Å²) >= 11 is 0. The van der Waals surface area contributed by atoms with E-state index in [9.17, 15) is 8.78 Å². The zero-order valence-corrected chi connectivity index (χ0v) is 8.06. The van der Waals surface area contributed by atoms with Gasteiger partial charge in [-0.25, -0.2) is 8.78 Å². The largest absolute Gasteiger partial charge is 0.310 e. The summed E-state index contributed by atoms with van der Waals surface area (Å²) in [5.74, 6) is -0.404. The molecule has 1 aromatic rings. The molecule has 1 nitrogen and oxygen atoms in total. The maximum absolute atomic E-state index is 13.3. The first-order valence-corrected chi connectivity index (χ1v) is 4.85. The summed E-state index contributed by atoms with van der Waals surface area (Å²) < 4.78 is 26.0. The van der Waals surface area contributed by atoms with E-state index in [1.165, 1.54) is 12.1 Å². The van der Waals surface area contributed by atoms with Crippen molar-refractivity contribution in [3.63, 3.8) is 0 Å². The molecule has 0 spiro atoms. The van der Waals surface area contributed by atoms with Gasteiger partial charge in [-0.3, -0.25) is 0 Å². The van der Waals surface area contributed by atoms with Crippen LogP contribution in [0.5, 0.6) is 0 Å². The van der Waals surface area contributed by atoms with E-state index in [-0.39, 0.29) is 6.04 Å². The topological polar surface area (TPSA) is 12.0 Å². The molecule has 0 radical (unpaired) electrons. The van der Waals surface area contributed by atoms with Gasteiger partial charge in [-0.2, -0.15) is 0 Å². The summed E-state index contributed by atoms with van der Waals surface area (Å²) in [7, 11) is 0. The van der Waals surface area contributed by atoms with Crippen LogP contribution in [0.1, 0.15) is 24.9 Å². The normalized spacial score (nSPS) is 26.8. The summed E-state index contributed by atoms with van der Waals surface area (Å²) in [6.07, 6.45) is 0.919. The highest BCUT2D eigenvalue weighted by molar-refractivity contribution is 5.23. The molecular weight excluding hydrogens is 184 g/mol. The molecule has 1 aliphatic rings. The van der Waals surface area contributed by atoms with Crippen LogP contribution < -0.4 is 5.32 Å². The van der Waals surface area contributed by atoms with Gasteiger partial charge < -0.3 is 5.32 Å². The van der Waals surface area contributed by atoms with Crippen LogP contribution in [0.3, 0.4) is 0 Å². The van der Waals surface area contributed by atoms with Crippen molar-refractivity contribution in [2.24, 2.45) is 5.92 Å². The molecule has 0 aromatic heterocycles. The highest BCUT2D eigenvalue weighted by Gasteiger charge is 2.24. The van der Waals surface area contributed by atoms with Crippen molar-refractivity contribution in [1.82, 2.24) is 5.32 Å². The van der Waals surface area contributed by atoms with Gasteiger partial charge in [0.05, 0.1) is 0 Å². The Morgan fingerprint density at radius 1 is 1.36 bits per heavy atom. The van der Waals surface area contributed by atoms with Crippen molar-refractivity contribution in [3.05, 3.63) is 35.4 Å². The minimum absolute atomic E-state index is 0.0469. The van der Waals surface area contributed by atoms with Crippen LogP contribution in [0.25, 0.3) is 0 Å². The molecule has 2 atom stereocenters. The monoisotopic (exact) mass is 197 g/mol. The van der Waals surface area contributed by atoms with Crippen molar-refractivity contribution < 1.29 is 8.78 Å². The second-order valence-corrected chi connectivity index (χ2v) is 3.97. The van der Waals surface area contributed by atoms with Crippen LogP contribution in [0.2, 0.25) is 0 Å². The van der Waals surface area contributed by atoms with Crippen LogP contribution >= 0.6 is 0 Å². The highest BCUT2D eigenvalue weighted by Crippen LogP contribution is 2.28. The Hall–Kier alpha value is -0.960. The van der Waals surface area contributed by atoms with Crippen LogP contribution in [0.4, 0.5) is 8.78 Å². The number of nitrogens with one attached hydrogen (secondary N) is 1. The lowest BCUT2D eigenvalue weighted by Gasteiger charge is -2.11. The van der Waals surface area contributed by atoms with Crippen LogP contribution in [0.15, 0.2) is 18.2 Å². The molecule has 0 bridgehead atoms. The maximum Gasteiger partial charge on any atom is 0.130 e. The van der Waals surface area contributed by atoms with E-state index < -0.39 is 11.6 Å². The average Bonchev–Trinajstić information content (AvgIpc) is 2.51. The first kappa shape index (κ1) is 9.59. The van der Waals surface area contributed by atoms with E-state index >= 15 is 0 Å². The van der Waals surface area contributed by atoms with E-state index in [1.807, 2.05) is 0 Å².